The summed E-state index contributed by atoms with van der Waals surface area (Å²) in [5, 5.41) is 21.2. The lowest BCUT2D eigenvalue weighted by Gasteiger charge is -2.07. The van der Waals surface area contributed by atoms with Crippen molar-refractivity contribution in [3.63, 3.8) is 0 Å². The molecule has 19 heavy (non-hydrogen) atoms. The molecule has 2 aliphatic rings. The largest absolute Gasteiger partial charge is 0.293 e. The first-order chi connectivity index (χ1) is 9.04. The molecule has 2 amide bonds. The van der Waals surface area contributed by atoms with Crippen molar-refractivity contribution in [2.75, 3.05) is 0 Å². The summed E-state index contributed by atoms with van der Waals surface area (Å²) in [6.07, 6.45) is 0. The molecule has 3 rings (SSSR count). The van der Waals surface area contributed by atoms with Crippen molar-refractivity contribution in [2.24, 2.45) is 10.8 Å². The van der Waals surface area contributed by atoms with Gasteiger partial charge < -0.3 is 0 Å². The van der Waals surface area contributed by atoms with E-state index in [1.54, 1.807) is 24.3 Å². The Balaban J connectivity index is 2.18. The molecule has 1 heterocycles. The number of hydrogen-bond acceptors (Lipinski definition) is 4. The minimum Gasteiger partial charge on any atom is -0.293 e. The van der Waals surface area contributed by atoms with Crippen LogP contribution in [0.15, 0.2) is 24.3 Å². The van der Waals surface area contributed by atoms with Crippen LogP contribution in [0.5, 0.6) is 0 Å². The number of benzene rings is 1. The highest BCUT2D eigenvalue weighted by Gasteiger charge is 2.90. The normalized spacial score (nSPS) is 35.0. The lowest BCUT2D eigenvalue weighted by atomic mass is 9.98. The molecule has 1 saturated heterocycles. The van der Waals surface area contributed by atoms with E-state index in [0.717, 1.165) is 0 Å². The minimum absolute atomic E-state index is 0.502. The highest BCUT2D eigenvalue weighted by molar-refractivity contribution is 6.30. The van der Waals surface area contributed by atoms with E-state index < -0.39 is 28.6 Å². The summed E-state index contributed by atoms with van der Waals surface area (Å²) in [7, 11) is 0. The highest BCUT2D eigenvalue weighted by Crippen LogP contribution is 2.76. The van der Waals surface area contributed by atoms with Gasteiger partial charge in [0, 0.05) is 10.9 Å². The lowest BCUT2D eigenvalue weighted by Crippen LogP contribution is -2.31. The molecule has 2 atom stereocenters. The van der Waals surface area contributed by atoms with Crippen LogP contribution < -0.4 is 5.32 Å². The van der Waals surface area contributed by atoms with E-state index in [0.29, 0.717) is 10.6 Å². The van der Waals surface area contributed by atoms with Crippen molar-refractivity contribution in [3.8, 4) is 12.1 Å². The molecular formula is C13H6ClN3O2. The Morgan fingerprint density at radius 2 is 1.53 bits per heavy atom. The molecule has 1 N–H and O–H groups in total. The maximum absolute atomic E-state index is 11.9. The standard InChI is InChI=1S/C13H6ClN3O2/c14-8-3-1-7(2-4-8)9-12(5-15)10(18)17-11(19)13(9,12)6-16/h1-4,9H,(H,17,18,19). The van der Waals surface area contributed by atoms with E-state index in [2.05, 4.69) is 5.32 Å². The average Bonchev–Trinajstić information content (AvgIpc) is 2.97. The van der Waals surface area contributed by atoms with Crippen molar-refractivity contribution in [1.29, 1.82) is 10.5 Å². The van der Waals surface area contributed by atoms with Crippen LogP contribution >= 0.6 is 11.6 Å². The molecule has 0 aromatic heterocycles. The van der Waals surface area contributed by atoms with Gasteiger partial charge in [-0.1, -0.05) is 23.7 Å². The Labute approximate surface area is 113 Å². The van der Waals surface area contributed by atoms with Crippen LogP contribution in [0.1, 0.15) is 11.5 Å². The maximum atomic E-state index is 11.9. The number of hydrogen-bond donors (Lipinski definition) is 1. The number of carbonyl (C=O) groups excluding carboxylic acids is 2. The van der Waals surface area contributed by atoms with E-state index in [4.69, 9.17) is 11.6 Å². The number of rotatable bonds is 1. The van der Waals surface area contributed by atoms with Crippen LogP contribution in [0.2, 0.25) is 5.02 Å². The summed E-state index contributed by atoms with van der Waals surface area (Å²) in [5.74, 6) is -2.11. The molecular weight excluding hydrogens is 266 g/mol. The van der Waals surface area contributed by atoms with Crippen molar-refractivity contribution in [1.82, 2.24) is 5.32 Å². The summed E-state index contributed by atoms with van der Waals surface area (Å²) >= 11 is 5.78. The fourth-order valence-electron chi connectivity index (χ4n) is 2.96. The number of nitrogens with zero attached hydrogens (tertiary/aromatic N) is 2. The molecule has 1 aromatic rings. The Bertz CT molecular complexity index is 662. The SMILES string of the molecule is N#CC12C(=O)NC(=O)C1(C#N)C2c1ccc(Cl)cc1. The number of fused-ring (bicyclic) bond motifs is 1. The third-order valence-electron chi connectivity index (χ3n) is 3.90. The summed E-state index contributed by atoms with van der Waals surface area (Å²) in [4.78, 5) is 23.7. The molecule has 1 aliphatic heterocycles. The highest BCUT2D eigenvalue weighted by atomic mass is 35.5. The molecule has 1 aromatic carbocycles. The average molecular weight is 272 g/mol. The number of halogens is 1. The first kappa shape index (κ1) is 11.7. The van der Waals surface area contributed by atoms with Crippen molar-refractivity contribution >= 4 is 23.4 Å². The number of amides is 2. The molecule has 0 spiro atoms. The van der Waals surface area contributed by atoms with Gasteiger partial charge in [0.25, 0.3) is 0 Å². The van der Waals surface area contributed by atoms with Crippen LogP contribution in [0, 0.1) is 33.5 Å². The molecule has 0 radical (unpaired) electrons. The van der Waals surface area contributed by atoms with Gasteiger partial charge in [-0.05, 0) is 17.7 Å². The summed E-state index contributed by atoms with van der Waals surface area (Å²) in [6.45, 7) is 0. The second-order valence-electron chi connectivity index (χ2n) is 4.61. The fraction of sp³-hybridized carbons (Fsp3) is 0.231. The van der Waals surface area contributed by atoms with Gasteiger partial charge in [0.15, 0.2) is 10.8 Å². The first-order valence-corrected chi connectivity index (χ1v) is 5.86. The van der Waals surface area contributed by atoms with Gasteiger partial charge in [-0.25, -0.2) is 0 Å². The lowest BCUT2D eigenvalue weighted by molar-refractivity contribution is -0.128. The molecule has 92 valence electrons. The Morgan fingerprint density at radius 3 is 1.95 bits per heavy atom. The summed E-state index contributed by atoms with van der Waals surface area (Å²) < 4.78 is 0. The van der Waals surface area contributed by atoms with Gasteiger partial charge in [-0.15, -0.1) is 0 Å². The third-order valence-corrected chi connectivity index (χ3v) is 4.16. The van der Waals surface area contributed by atoms with E-state index in [9.17, 15) is 20.1 Å². The summed E-state index contributed by atoms with van der Waals surface area (Å²) in [6, 6.07) is 10.2. The van der Waals surface area contributed by atoms with Crippen molar-refractivity contribution < 1.29 is 9.59 Å². The van der Waals surface area contributed by atoms with Gasteiger partial charge in [0.1, 0.15) is 0 Å². The number of piperidine rings is 1. The van der Waals surface area contributed by atoms with Gasteiger partial charge in [0.2, 0.25) is 11.8 Å². The van der Waals surface area contributed by atoms with Crippen molar-refractivity contribution in [2.45, 2.75) is 5.92 Å². The molecule has 0 bridgehead atoms. The zero-order valence-electron chi connectivity index (χ0n) is 9.48. The quantitative estimate of drug-likeness (QED) is 0.774. The number of carbonyl (C=O) groups is 2. The van der Waals surface area contributed by atoms with Gasteiger partial charge in [-0.2, -0.15) is 10.5 Å². The maximum Gasteiger partial charge on any atom is 0.250 e. The molecule has 1 aliphatic carbocycles. The van der Waals surface area contributed by atoms with E-state index in [1.807, 2.05) is 12.1 Å². The van der Waals surface area contributed by atoms with Crippen LogP contribution in [-0.2, 0) is 9.59 Å². The minimum atomic E-state index is -1.60. The molecule has 2 fully saturated rings. The van der Waals surface area contributed by atoms with Crippen LogP contribution in [0.4, 0.5) is 0 Å². The van der Waals surface area contributed by atoms with Gasteiger partial charge in [0.05, 0.1) is 12.1 Å². The Hall–Kier alpha value is -2.37. The molecule has 1 saturated carbocycles. The van der Waals surface area contributed by atoms with Gasteiger partial charge >= 0.3 is 0 Å². The van der Waals surface area contributed by atoms with E-state index >= 15 is 0 Å². The summed E-state index contributed by atoms with van der Waals surface area (Å²) in [5.41, 5.74) is -2.62. The van der Waals surface area contributed by atoms with Crippen LogP contribution in [0.25, 0.3) is 0 Å². The van der Waals surface area contributed by atoms with Crippen molar-refractivity contribution in [3.05, 3.63) is 34.9 Å². The van der Waals surface area contributed by atoms with E-state index in [-0.39, 0.29) is 0 Å². The fourth-order valence-corrected chi connectivity index (χ4v) is 3.08. The monoisotopic (exact) mass is 271 g/mol. The smallest absolute Gasteiger partial charge is 0.250 e. The second kappa shape index (κ2) is 3.34. The number of nitriles is 2. The predicted octanol–water partition coefficient (Wildman–Crippen LogP) is 1.11. The Kier molecular flexibility index (Phi) is 2.06. The zero-order valence-corrected chi connectivity index (χ0v) is 10.2. The Morgan fingerprint density at radius 1 is 1.05 bits per heavy atom. The topological polar surface area (TPSA) is 93.8 Å². The first-order valence-electron chi connectivity index (χ1n) is 5.48. The molecule has 5 nitrogen and oxygen atoms in total. The number of imide groups is 1. The molecule has 2 unspecified atom stereocenters. The predicted molar refractivity (Wildman–Crippen MR) is 63.4 cm³/mol. The number of nitrogens with one attached hydrogen (secondary N) is 1. The molecule has 6 heteroatoms. The van der Waals surface area contributed by atoms with E-state index in [1.165, 1.54) is 0 Å². The second-order valence-corrected chi connectivity index (χ2v) is 5.04. The zero-order chi connectivity index (χ0) is 13.8. The van der Waals surface area contributed by atoms with Crippen LogP contribution in [-0.4, -0.2) is 11.8 Å². The van der Waals surface area contributed by atoms with Crippen LogP contribution in [0.3, 0.4) is 0 Å². The third kappa shape index (κ3) is 1.05. The van der Waals surface area contributed by atoms with Gasteiger partial charge in [-0.3, -0.25) is 14.9 Å².